The number of anilines is 1. The van der Waals surface area contributed by atoms with Crippen molar-refractivity contribution in [2.24, 2.45) is 0 Å². The van der Waals surface area contributed by atoms with Gasteiger partial charge in [-0.2, -0.15) is 0 Å². The average Bonchev–Trinajstić information content (AvgIpc) is 2.88. The van der Waals surface area contributed by atoms with Crippen molar-refractivity contribution in [2.75, 3.05) is 4.72 Å². The first kappa shape index (κ1) is 14.9. The quantitative estimate of drug-likeness (QED) is 0.681. The number of thiazole rings is 1. The number of nitro benzene ring substituents is 1. The van der Waals surface area contributed by atoms with Crippen LogP contribution in [-0.4, -0.2) is 18.3 Å². The number of sulfonamides is 1. The molecule has 0 unspecified atom stereocenters. The van der Waals surface area contributed by atoms with Crippen LogP contribution in [-0.2, 0) is 22.9 Å². The van der Waals surface area contributed by atoms with Gasteiger partial charge in [-0.3, -0.25) is 14.8 Å². The molecule has 0 fully saturated rings. The third kappa shape index (κ3) is 2.95. The van der Waals surface area contributed by atoms with Crippen LogP contribution >= 0.6 is 11.3 Å². The molecule has 1 aromatic carbocycles. The van der Waals surface area contributed by atoms with Gasteiger partial charge in [0.25, 0.3) is 15.7 Å². The highest BCUT2D eigenvalue weighted by Crippen LogP contribution is 2.31. The summed E-state index contributed by atoms with van der Waals surface area (Å²) in [5, 5.41) is 11.1. The van der Waals surface area contributed by atoms with Crippen LogP contribution in [0.3, 0.4) is 0 Å². The minimum atomic E-state index is -3.88. The molecule has 1 N–H and O–H groups in total. The van der Waals surface area contributed by atoms with E-state index in [-0.39, 0.29) is 10.6 Å². The van der Waals surface area contributed by atoms with Crippen molar-refractivity contribution in [3.8, 4) is 0 Å². The van der Waals surface area contributed by atoms with E-state index in [1.807, 2.05) is 0 Å². The van der Waals surface area contributed by atoms with Crippen LogP contribution in [0.15, 0.2) is 29.2 Å². The number of benzene rings is 1. The fourth-order valence-corrected chi connectivity index (χ4v) is 4.66. The molecular formula is C13H13N3O4S2. The number of aromatic nitrogens is 1. The predicted octanol–water partition coefficient (Wildman–Crippen LogP) is 2.73. The molecule has 0 spiro atoms. The molecule has 1 aliphatic rings. The third-order valence-corrected chi connectivity index (χ3v) is 5.94. The van der Waals surface area contributed by atoms with E-state index in [4.69, 9.17) is 0 Å². The van der Waals surface area contributed by atoms with E-state index in [1.54, 1.807) is 0 Å². The monoisotopic (exact) mass is 339 g/mol. The average molecular weight is 339 g/mol. The molecular weight excluding hydrogens is 326 g/mol. The molecule has 0 saturated heterocycles. The van der Waals surface area contributed by atoms with Crippen LogP contribution in [0.2, 0.25) is 0 Å². The largest absolute Gasteiger partial charge is 0.270 e. The Kier molecular flexibility index (Phi) is 3.83. The zero-order valence-corrected chi connectivity index (χ0v) is 13.1. The van der Waals surface area contributed by atoms with Gasteiger partial charge in [0.1, 0.15) is 0 Å². The lowest BCUT2D eigenvalue weighted by atomic mass is 10.0. The molecule has 0 amide bonds. The summed E-state index contributed by atoms with van der Waals surface area (Å²) in [5.41, 5.74) is 0.689. The fourth-order valence-electron chi connectivity index (χ4n) is 2.33. The van der Waals surface area contributed by atoms with Crippen molar-refractivity contribution in [2.45, 2.75) is 30.6 Å². The summed E-state index contributed by atoms with van der Waals surface area (Å²) in [5.74, 6) is 0. The third-order valence-electron chi connectivity index (χ3n) is 3.41. The van der Waals surface area contributed by atoms with Crippen molar-refractivity contribution in [3.63, 3.8) is 0 Å². The zero-order valence-electron chi connectivity index (χ0n) is 11.5. The van der Waals surface area contributed by atoms with Gasteiger partial charge in [0.05, 0.1) is 15.5 Å². The Labute approximate surface area is 131 Å². The summed E-state index contributed by atoms with van der Waals surface area (Å²) in [6, 6.07) is 4.96. The lowest BCUT2D eigenvalue weighted by Gasteiger charge is -2.06. The topological polar surface area (TPSA) is 102 Å². The van der Waals surface area contributed by atoms with Crippen LogP contribution in [0.4, 0.5) is 10.8 Å². The van der Waals surface area contributed by atoms with Crippen molar-refractivity contribution in [3.05, 3.63) is 45.0 Å². The molecule has 9 heteroatoms. The molecule has 1 aromatic heterocycles. The van der Waals surface area contributed by atoms with E-state index in [0.29, 0.717) is 5.13 Å². The minimum Gasteiger partial charge on any atom is -0.258 e. The Morgan fingerprint density at radius 2 is 2.05 bits per heavy atom. The first-order valence-electron chi connectivity index (χ1n) is 6.71. The lowest BCUT2D eigenvalue weighted by Crippen LogP contribution is -2.13. The lowest BCUT2D eigenvalue weighted by molar-refractivity contribution is -0.385. The van der Waals surface area contributed by atoms with Crippen LogP contribution in [0.5, 0.6) is 0 Å². The second-order valence-electron chi connectivity index (χ2n) is 4.96. The summed E-state index contributed by atoms with van der Waals surface area (Å²) in [6.45, 7) is 0. The smallest absolute Gasteiger partial charge is 0.258 e. The standard InChI is InChI=1S/C13H13N3O4S2/c17-16(18)9-4-3-5-10(8-9)22(19,20)15-13-14-11-6-1-2-7-12(11)21-13/h3-5,8H,1-2,6-7H2,(H,14,15). The van der Waals surface area contributed by atoms with E-state index in [0.717, 1.165) is 42.3 Å². The molecule has 0 atom stereocenters. The van der Waals surface area contributed by atoms with Gasteiger partial charge in [-0.15, -0.1) is 11.3 Å². The number of rotatable bonds is 4. The van der Waals surface area contributed by atoms with Crippen LogP contribution in [0.1, 0.15) is 23.4 Å². The highest BCUT2D eigenvalue weighted by molar-refractivity contribution is 7.93. The number of aryl methyl sites for hydroxylation is 2. The maximum atomic E-state index is 12.3. The van der Waals surface area contributed by atoms with Gasteiger partial charge < -0.3 is 0 Å². The van der Waals surface area contributed by atoms with Crippen molar-refractivity contribution in [1.82, 2.24) is 4.98 Å². The normalized spacial score (nSPS) is 14.4. The Bertz CT molecular complexity index is 806. The van der Waals surface area contributed by atoms with Gasteiger partial charge >= 0.3 is 0 Å². The first-order chi connectivity index (χ1) is 10.5. The number of nitro groups is 1. The molecule has 0 bridgehead atoms. The molecule has 0 radical (unpaired) electrons. The second-order valence-corrected chi connectivity index (χ2v) is 7.72. The second kappa shape index (κ2) is 5.65. The summed E-state index contributed by atoms with van der Waals surface area (Å²) in [7, 11) is -3.88. The molecule has 0 aliphatic heterocycles. The summed E-state index contributed by atoms with van der Waals surface area (Å²) in [4.78, 5) is 15.4. The van der Waals surface area contributed by atoms with E-state index >= 15 is 0 Å². The van der Waals surface area contributed by atoms with Gasteiger partial charge in [-0.1, -0.05) is 6.07 Å². The predicted molar refractivity (Wildman–Crippen MR) is 82.7 cm³/mol. The molecule has 1 heterocycles. The van der Waals surface area contributed by atoms with E-state index in [1.165, 1.54) is 29.5 Å². The number of hydrogen-bond donors (Lipinski definition) is 1. The highest BCUT2D eigenvalue weighted by Gasteiger charge is 2.21. The maximum absolute atomic E-state index is 12.3. The van der Waals surface area contributed by atoms with Crippen molar-refractivity contribution >= 4 is 32.2 Å². The van der Waals surface area contributed by atoms with Crippen molar-refractivity contribution < 1.29 is 13.3 Å². The molecule has 2 aromatic rings. The zero-order chi connectivity index (χ0) is 15.7. The van der Waals surface area contributed by atoms with E-state index in [9.17, 15) is 18.5 Å². The number of hydrogen-bond acceptors (Lipinski definition) is 6. The number of non-ortho nitro benzene ring substituents is 1. The first-order valence-corrected chi connectivity index (χ1v) is 9.01. The van der Waals surface area contributed by atoms with Gasteiger partial charge in [-0.25, -0.2) is 13.4 Å². The van der Waals surface area contributed by atoms with Gasteiger partial charge in [0.15, 0.2) is 5.13 Å². The summed E-state index contributed by atoms with van der Waals surface area (Å²) < 4.78 is 27.1. The van der Waals surface area contributed by atoms with Gasteiger partial charge in [0, 0.05) is 17.0 Å². The summed E-state index contributed by atoms with van der Waals surface area (Å²) in [6.07, 6.45) is 3.94. The minimum absolute atomic E-state index is 0.144. The Balaban J connectivity index is 1.88. The van der Waals surface area contributed by atoms with Gasteiger partial charge in [0.2, 0.25) is 0 Å². The molecule has 3 rings (SSSR count). The Morgan fingerprint density at radius 3 is 2.77 bits per heavy atom. The molecule has 116 valence electrons. The fraction of sp³-hybridized carbons (Fsp3) is 0.308. The van der Waals surface area contributed by atoms with Crippen molar-refractivity contribution in [1.29, 1.82) is 0 Å². The number of nitrogens with zero attached hydrogens (tertiary/aromatic N) is 2. The summed E-state index contributed by atoms with van der Waals surface area (Å²) >= 11 is 1.33. The molecule has 1 aliphatic carbocycles. The number of fused-ring (bicyclic) bond motifs is 1. The molecule has 0 saturated carbocycles. The maximum Gasteiger partial charge on any atom is 0.270 e. The molecule has 7 nitrogen and oxygen atoms in total. The van der Waals surface area contributed by atoms with Crippen LogP contribution < -0.4 is 4.72 Å². The van der Waals surface area contributed by atoms with Crippen LogP contribution in [0.25, 0.3) is 0 Å². The SMILES string of the molecule is O=[N+]([O-])c1cccc(S(=O)(=O)Nc2nc3c(s2)CCCC3)c1. The molecule has 22 heavy (non-hydrogen) atoms. The Morgan fingerprint density at radius 1 is 1.27 bits per heavy atom. The number of nitrogens with one attached hydrogen (secondary N) is 1. The Hall–Kier alpha value is -2.00. The van der Waals surface area contributed by atoms with Gasteiger partial charge in [-0.05, 0) is 31.7 Å². The van der Waals surface area contributed by atoms with Crippen LogP contribution in [0, 0.1) is 10.1 Å². The van der Waals surface area contributed by atoms with E-state index in [2.05, 4.69) is 9.71 Å². The van der Waals surface area contributed by atoms with E-state index < -0.39 is 14.9 Å². The highest BCUT2D eigenvalue weighted by atomic mass is 32.2.